The Morgan fingerprint density at radius 1 is 0.765 bits per heavy atom. The zero-order chi connectivity index (χ0) is 24.8. The van der Waals surface area contributed by atoms with Crippen LogP contribution in [0.1, 0.15) is 47.4 Å². The lowest BCUT2D eigenvalue weighted by atomic mass is 10.0. The number of nitrogens with one attached hydrogen (secondary N) is 2. The van der Waals surface area contributed by atoms with Crippen LogP contribution in [0.5, 0.6) is 11.5 Å². The maximum atomic E-state index is 12.2. The third kappa shape index (κ3) is 8.43. The lowest BCUT2D eigenvalue weighted by molar-refractivity contribution is 0.0941. The number of nitrogen functional groups attached to an aromatic ring is 2. The molecule has 186 valence electrons. The van der Waals surface area contributed by atoms with Gasteiger partial charge in [0.05, 0.1) is 24.3 Å². The summed E-state index contributed by atoms with van der Waals surface area (Å²) in [6, 6.07) is 10.6. The summed E-state index contributed by atoms with van der Waals surface area (Å²) in [5.74, 6) is 14.8. The van der Waals surface area contributed by atoms with Crippen molar-refractivity contribution in [3.63, 3.8) is 0 Å². The van der Waals surface area contributed by atoms with Gasteiger partial charge in [-0.3, -0.25) is 20.4 Å². The molecule has 10 heteroatoms. The van der Waals surface area contributed by atoms with Crippen LogP contribution in [-0.2, 0) is 0 Å². The molecule has 2 rings (SSSR count). The first kappa shape index (κ1) is 27.8. The molecule has 2 aromatic rings. The number of hydrazine groups is 2. The van der Waals surface area contributed by atoms with E-state index in [1.54, 1.807) is 24.3 Å². The van der Waals surface area contributed by atoms with Crippen molar-refractivity contribution in [1.29, 1.82) is 0 Å². The number of hydrogen-bond acceptors (Lipinski definition) is 8. The molecule has 2 amide bonds. The molecule has 0 fully saturated rings. The number of carbonyl (C=O) groups is 2. The summed E-state index contributed by atoms with van der Waals surface area (Å²) in [5, 5.41) is 0. The van der Waals surface area contributed by atoms with E-state index in [9.17, 15) is 9.59 Å². The van der Waals surface area contributed by atoms with Gasteiger partial charge in [0, 0.05) is 0 Å². The number of rotatable bonds is 15. The van der Waals surface area contributed by atoms with E-state index < -0.39 is 11.8 Å². The molecule has 0 aliphatic heterocycles. The van der Waals surface area contributed by atoms with Crippen LogP contribution in [0.3, 0.4) is 0 Å². The molecule has 8 nitrogen and oxygen atoms in total. The highest BCUT2D eigenvalue weighted by atomic mass is 32.2. The lowest BCUT2D eigenvalue weighted by Crippen LogP contribution is -2.30. The Labute approximate surface area is 209 Å². The van der Waals surface area contributed by atoms with E-state index in [-0.39, 0.29) is 0 Å². The van der Waals surface area contributed by atoms with Crippen molar-refractivity contribution in [2.24, 2.45) is 11.7 Å². The lowest BCUT2D eigenvalue weighted by Gasteiger charge is -2.15. The Balaban J connectivity index is 2.30. The van der Waals surface area contributed by atoms with Gasteiger partial charge in [-0.15, -0.1) is 0 Å². The molecule has 0 bridgehead atoms. The Kier molecular flexibility index (Phi) is 12.7. The molecular weight excluding hydrogens is 472 g/mol. The van der Waals surface area contributed by atoms with Crippen LogP contribution in [0, 0.1) is 0 Å². The second-order valence-corrected chi connectivity index (χ2v) is 9.95. The second kappa shape index (κ2) is 15.5. The zero-order valence-electron chi connectivity index (χ0n) is 19.7. The normalized spacial score (nSPS) is 10.6. The number of amides is 2. The first-order valence-corrected chi connectivity index (χ1v) is 13.6. The Morgan fingerprint density at radius 3 is 1.53 bits per heavy atom. The minimum absolute atomic E-state index is 0.360. The van der Waals surface area contributed by atoms with Crippen LogP contribution >= 0.6 is 23.5 Å². The summed E-state index contributed by atoms with van der Waals surface area (Å²) in [6.07, 6.45) is 1.73. The van der Waals surface area contributed by atoms with Crippen LogP contribution < -0.4 is 32.0 Å². The third-order valence-corrected chi connectivity index (χ3v) is 6.81. The second-order valence-electron chi connectivity index (χ2n) is 7.17. The number of ether oxygens (including phenoxy) is 2. The summed E-state index contributed by atoms with van der Waals surface area (Å²) in [5.41, 5.74) is 6.68. The number of benzene rings is 2. The van der Waals surface area contributed by atoms with Gasteiger partial charge >= 0.3 is 0 Å². The molecule has 0 atom stereocenters. The van der Waals surface area contributed by atoms with Gasteiger partial charge in [-0.25, -0.2) is 11.7 Å². The number of nitrogens with two attached hydrogens (primary N) is 2. The van der Waals surface area contributed by atoms with Gasteiger partial charge in [-0.2, -0.15) is 23.5 Å². The van der Waals surface area contributed by atoms with Gasteiger partial charge in [-0.1, -0.05) is 26.0 Å². The molecule has 0 saturated heterocycles. The van der Waals surface area contributed by atoms with Gasteiger partial charge in [0.1, 0.15) is 11.5 Å². The molecule has 0 aromatic heterocycles. The maximum absolute atomic E-state index is 12.2. The summed E-state index contributed by atoms with van der Waals surface area (Å²) in [6.45, 7) is 5.20. The van der Waals surface area contributed by atoms with Crippen molar-refractivity contribution in [2.45, 2.75) is 26.7 Å². The fourth-order valence-electron chi connectivity index (χ4n) is 3.15. The molecule has 0 unspecified atom stereocenters. The molecule has 6 N–H and O–H groups in total. The van der Waals surface area contributed by atoms with Crippen molar-refractivity contribution >= 4 is 35.3 Å². The van der Waals surface area contributed by atoms with Crippen LogP contribution in [0.4, 0.5) is 0 Å². The highest BCUT2D eigenvalue weighted by Crippen LogP contribution is 2.32. The van der Waals surface area contributed by atoms with Crippen molar-refractivity contribution in [1.82, 2.24) is 10.9 Å². The Bertz CT molecular complexity index is 868. The van der Waals surface area contributed by atoms with E-state index in [4.69, 9.17) is 21.2 Å². The average Bonchev–Trinajstić information content (AvgIpc) is 2.87. The Hall–Kier alpha value is -2.40. The maximum Gasteiger partial charge on any atom is 0.268 e. The number of hydrogen-bond donors (Lipinski definition) is 4. The van der Waals surface area contributed by atoms with E-state index in [1.807, 2.05) is 35.7 Å². The van der Waals surface area contributed by atoms with E-state index in [2.05, 4.69) is 24.7 Å². The summed E-state index contributed by atoms with van der Waals surface area (Å²) >= 11 is 3.68. The quantitative estimate of drug-likeness (QED) is 0.125. The van der Waals surface area contributed by atoms with Gasteiger partial charge < -0.3 is 9.47 Å². The van der Waals surface area contributed by atoms with Crippen LogP contribution in [0.25, 0.3) is 11.1 Å². The zero-order valence-corrected chi connectivity index (χ0v) is 21.4. The molecule has 0 aliphatic carbocycles. The molecule has 0 spiro atoms. The largest absolute Gasteiger partial charge is 0.493 e. The van der Waals surface area contributed by atoms with Crippen molar-refractivity contribution in [3.05, 3.63) is 47.5 Å². The fraction of sp³-hybridized carbons (Fsp3) is 0.417. The van der Waals surface area contributed by atoms with Crippen molar-refractivity contribution in [2.75, 3.05) is 36.2 Å². The van der Waals surface area contributed by atoms with Gasteiger partial charge in [0.25, 0.3) is 11.8 Å². The van der Waals surface area contributed by atoms with Gasteiger partial charge in [0.15, 0.2) is 0 Å². The highest BCUT2D eigenvalue weighted by Gasteiger charge is 2.16. The topological polar surface area (TPSA) is 129 Å². The standard InChI is InChI=1S/C24H34N4O4S2/c1-3-33-13-5-11-31-21-15-17(7-9-19(21)23(29)27-25)18-8-10-20(24(30)28-26)22(16-18)32-12-6-14-34-4-2/h7-10,15-16H,3-6,11-14,25-26H2,1-2H3,(H,27,29)(H,28,30). The minimum Gasteiger partial charge on any atom is -0.493 e. The Morgan fingerprint density at radius 2 is 1.18 bits per heavy atom. The molecule has 0 aliphatic rings. The third-order valence-electron chi connectivity index (χ3n) is 4.84. The van der Waals surface area contributed by atoms with E-state index in [1.165, 1.54) is 0 Å². The molecular formula is C24H34N4O4S2. The monoisotopic (exact) mass is 506 g/mol. The predicted molar refractivity (Wildman–Crippen MR) is 141 cm³/mol. The summed E-state index contributed by atoms with van der Waals surface area (Å²) in [7, 11) is 0. The highest BCUT2D eigenvalue weighted by molar-refractivity contribution is 7.99. The molecule has 34 heavy (non-hydrogen) atoms. The summed E-state index contributed by atoms with van der Waals surface area (Å²) < 4.78 is 11.9. The van der Waals surface area contributed by atoms with Gasteiger partial charge in [-0.05, 0) is 71.2 Å². The first-order chi connectivity index (χ1) is 16.5. The van der Waals surface area contributed by atoms with Gasteiger partial charge in [0.2, 0.25) is 0 Å². The van der Waals surface area contributed by atoms with Crippen molar-refractivity contribution < 1.29 is 19.1 Å². The van der Waals surface area contributed by atoms with E-state index >= 15 is 0 Å². The average molecular weight is 507 g/mol. The van der Waals surface area contributed by atoms with Crippen molar-refractivity contribution in [3.8, 4) is 22.6 Å². The van der Waals surface area contributed by atoms with E-state index in [0.717, 1.165) is 47.0 Å². The molecule has 0 heterocycles. The minimum atomic E-state index is -0.423. The van der Waals surface area contributed by atoms with Crippen LogP contribution in [0.15, 0.2) is 36.4 Å². The molecule has 0 saturated carbocycles. The molecule has 2 aromatic carbocycles. The van der Waals surface area contributed by atoms with Crippen LogP contribution in [0.2, 0.25) is 0 Å². The first-order valence-electron chi connectivity index (χ1n) is 11.3. The van der Waals surface area contributed by atoms with E-state index in [0.29, 0.717) is 35.8 Å². The number of thioether (sulfide) groups is 2. The summed E-state index contributed by atoms with van der Waals surface area (Å²) in [4.78, 5) is 24.4. The SMILES string of the molecule is CCSCCCOc1cc(-c2ccc(C(=O)NN)c(OCCCSCC)c2)ccc1C(=O)NN. The number of carbonyl (C=O) groups excluding carboxylic acids is 2. The molecule has 0 radical (unpaired) electrons. The predicted octanol–water partition coefficient (Wildman–Crippen LogP) is 3.60. The smallest absolute Gasteiger partial charge is 0.268 e. The van der Waals surface area contributed by atoms with Crippen LogP contribution in [-0.4, -0.2) is 48.0 Å². The fourth-order valence-corrected chi connectivity index (χ4v) is 4.37.